The molecule has 2 aliphatic rings. The summed E-state index contributed by atoms with van der Waals surface area (Å²) in [6.07, 6.45) is 0.0241. The van der Waals surface area contributed by atoms with Crippen LogP contribution in [0.2, 0.25) is 0 Å². The van der Waals surface area contributed by atoms with E-state index >= 15 is 0 Å². The van der Waals surface area contributed by atoms with E-state index in [9.17, 15) is 9.59 Å². The number of nitrogens with one attached hydrogen (secondary N) is 2. The van der Waals surface area contributed by atoms with Crippen molar-refractivity contribution in [2.75, 3.05) is 45.2 Å². The summed E-state index contributed by atoms with van der Waals surface area (Å²) in [4.78, 5) is 33.1. The van der Waals surface area contributed by atoms with Gasteiger partial charge in [-0.1, -0.05) is 0 Å². The first kappa shape index (κ1) is 18.2. The standard InChI is InChI=1S/C18H25N5O3/c1-3-26-14-6-4-13(5-7-14)19-16(24)12-15-17(25)21-18(20-15)23-10-8-22(2)9-11-23/h4-7,15H,3,8-12H2,1-2H3,(H,19,24)(H,20,21,25)/t15-/m1/s1. The summed E-state index contributed by atoms with van der Waals surface area (Å²) in [5.41, 5.74) is 0.667. The minimum absolute atomic E-state index is 0.0241. The number of anilines is 1. The molecule has 2 heterocycles. The Kier molecular flexibility index (Phi) is 5.72. The third-order valence-electron chi connectivity index (χ3n) is 4.45. The molecule has 1 atom stereocenters. The van der Waals surface area contributed by atoms with Crippen LogP contribution in [0.15, 0.2) is 29.3 Å². The van der Waals surface area contributed by atoms with E-state index in [1.54, 1.807) is 24.3 Å². The van der Waals surface area contributed by atoms with Gasteiger partial charge in [-0.3, -0.25) is 14.9 Å². The highest BCUT2D eigenvalue weighted by atomic mass is 16.5. The Morgan fingerprint density at radius 2 is 1.96 bits per heavy atom. The van der Waals surface area contributed by atoms with E-state index < -0.39 is 6.04 Å². The molecule has 0 aromatic heterocycles. The van der Waals surface area contributed by atoms with E-state index in [2.05, 4.69) is 32.5 Å². The lowest BCUT2D eigenvalue weighted by atomic mass is 10.2. The highest BCUT2D eigenvalue weighted by molar-refractivity contribution is 6.07. The van der Waals surface area contributed by atoms with Crippen LogP contribution in [0.5, 0.6) is 5.75 Å². The number of nitrogens with zero attached hydrogens (tertiary/aromatic N) is 3. The first-order chi connectivity index (χ1) is 12.5. The van der Waals surface area contributed by atoms with Crippen LogP contribution >= 0.6 is 0 Å². The van der Waals surface area contributed by atoms with Gasteiger partial charge >= 0.3 is 0 Å². The van der Waals surface area contributed by atoms with Crippen molar-refractivity contribution in [3.63, 3.8) is 0 Å². The number of hydrogen-bond acceptors (Lipinski definition) is 6. The molecule has 140 valence electrons. The van der Waals surface area contributed by atoms with Crippen LogP contribution in [0.1, 0.15) is 13.3 Å². The molecular weight excluding hydrogens is 334 g/mol. The Hall–Kier alpha value is -2.61. The summed E-state index contributed by atoms with van der Waals surface area (Å²) < 4.78 is 5.37. The maximum Gasteiger partial charge on any atom is 0.252 e. The molecule has 1 saturated heterocycles. The monoisotopic (exact) mass is 359 g/mol. The van der Waals surface area contributed by atoms with Crippen LogP contribution in [0.3, 0.4) is 0 Å². The van der Waals surface area contributed by atoms with Gasteiger partial charge in [0.1, 0.15) is 11.8 Å². The fourth-order valence-electron chi connectivity index (χ4n) is 2.94. The minimum Gasteiger partial charge on any atom is -0.494 e. The zero-order valence-electron chi connectivity index (χ0n) is 15.2. The number of guanidine groups is 1. The first-order valence-corrected chi connectivity index (χ1v) is 8.90. The fraction of sp³-hybridized carbons (Fsp3) is 0.500. The SMILES string of the molecule is CCOc1ccc(NC(=O)C[C@H]2N=C(N3CCN(C)CC3)NC2=O)cc1. The van der Waals surface area contributed by atoms with Gasteiger partial charge in [0, 0.05) is 31.9 Å². The summed E-state index contributed by atoms with van der Waals surface area (Å²) in [7, 11) is 2.07. The Morgan fingerprint density at radius 1 is 1.27 bits per heavy atom. The quantitative estimate of drug-likeness (QED) is 0.800. The van der Waals surface area contributed by atoms with Gasteiger partial charge in [-0.15, -0.1) is 0 Å². The van der Waals surface area contributed by atoms with E-state index in [1.807, 2.05) is 6.92 Å². The molecule has 0 aliphatic carbocycles. The van der Waals surface area contributed by atoms with E-state index in [-0.39, 0.29) is 18.2 Å². The normalized spacial score (nSPS) is 20.5. The summed E-state index contributed by atoms with van der Waals surface area (Å²) in [6, 6.07) is 6.47. The number of aliphatic imine (C=N–C) groups is 1. The van der Waals surface area contributed by atoms with Gasteiger partial charge in [-0.2, -0.15) is 0 Å². The smallest absolute Gasteiger partial charge is 0.252 e. The topological polar surface area (TPSA) is 86.3 Å². The number of amides is 2. The molecule has 0 bridgehead atoms. The summed E-state index contributed by atoms with van der Waals surface area (Å²) in [5.74, 6) is 0.877. The molecule has 8 heteroatoms. The lowest BCUT2D eigenvalue weighted by molar-refractivity contribution is -0.124. The first-order valence-electron chi connectivity index (χ1n) is 8.90. The maximum absolute atomic E-state index is 12.2. The number of rotatable bonds is 5. The third-order valence-corrected chi connectivity index (χ3v) is 4.45. The molecule has 1 fully saturated rings. The van der Waals surface area contributed by atoms with Crippen molar-refractivity contribution in [2.24, 2.45) is 4.99 Å². The average molecular weight is 359 g/mol. The van der Waals surface area contributed by atoms with Crippen molar-refractivity contribution in [1.82, 2.24) is 15.1 Å². The molecule has 1 aromatic carbocycles. The Balaban J connectivity index is 1.54. The molecule has 2 amide bonds. The van der Waals surface area contributed by atoms with Crippen molar-refractivity contribution in [3.8, 4) is 5.75 Å². The molecular formula is C18H25N5O3. The largest absolute Gasteiger partial charge is 0.494 e. The summed E-state index contributed by atoms with van der Waals surface area (Å²) >= 11 is 0. The van der Waals surface area contributed by atoms with Gasteiger partial charge in [0.2, 0.25) is 11.9 Å². The van der Waals surface area contributed by atoms with Gasteiger partial charge in [-0.05, 0) is 38.2 Å². The predicted octanol–water partition coefficient (Wildman–Crippen LogP) is 0.516. The van der Waals surface area contributed by atoms with Gasteiger partial charge in [0.15, 0.2) is 0 Å². The summed E-state index contributed by atoms with van der Waals surface area (Å²) in [5, 5.41) is 5.60. The molecule has 26 heavy (non-hydrogen) atoms. The van der Waals surface area contributed by atoms with Crippen LogP contribution < -0.4 is 15.4 Å². The minimum atomic E-state index is -0.674. The number of piperazine rings is 1. The molecule has 2 aliphatic heterocycles. The Labute approximate surface area is 153 Å². The highest BCUT2D eigenvalue weighted by Crippen LogP contribution is 2.17. The van der Waals surface area contributed by atoms with Crippen molar-refractivity contribution < 1.29 is 14.3 Å². The second kappa shape index (κ2) is 8.18. The Morgan fingerprint density at radius 3 is 2.62 bits per heavy atom. The number of carbonyl (C=O) groups excluding carboxylic acids is 2. The van der Waals surface area contributed by atoms with Gasteiger partial charge in [-0.25, -0.2) is 4.99 Å². The van der Waals surface area contributed by atoms with E-state index in [4.69, 9.17) is 4.74 Å². The van der Waals surface area contributed by atoms with E-state index in [0.29, 0.717) is 18.3 Å². The predicted molar refractivity (Wildman–Crippen MR) is 99.3 cm³/mol. The van der Waals surface area contributed by atoms with Crippen LogP contribution in [0.25, 0.3) is 0 Å². The molecule has 2 N–H and O–H groups in total. The zero-order valence-corrected chi connectivity index (χ0v) is 15.2. The van der Waals surface area contributed by atoms with E-state index in [1.165, 1.54) is 0 Å². The molecule has 0 unspecified atom stereocenters. The van der Waals surface area contributed by atoms with E-state index in [0.717, 1.165) is 31.9 Å². The number of hydrogen-bond donors (Lipinski definition) is 2. The number of ether oxygens (including phenoxy) is 1. The van der Waals surface area contributed by atoms with Crippen LogP contribution in [-0.2, 0) is 9.59 Å². The fourth-order valence-corrected chi connectivity index (χ4v) is 2.94. The molecule has 8 nitrogen and oxygen atoms in total. The lowest BCUT2D eigenvalue weighted by Crippen LogP contribution is -2.50. The van der Waals surface area contributed by atoms with Crippen LogP contribution in [0.4, 0.5) is 5.69 Å². The number of benzene rings is 1. The number of carbonyl (C=O) groups is 2. The molecule has 3 rings (SSSR count). The van der Waals surface area contributed by atoms with Crippen molar-refractivity contribution in [3.05, 3.63) is 24.3 Å². The maximum atomic E-state index is 12.2. The zero-order chi connectivity index (χ0) is 18.5. The third kappa shape index (κ3) is 4.51. The molecule has 1 aromatic rings. The Bertz CT molecular complexity index is 681. The van der Waals surface area contributed by atoms with Crippen molar-refractivity contribution in [2.45, 2.75) is 19.4 Å². The second-order valence-electron chi connectivity index (χ2n) is 6.46. The molecule has 0 saturated carbocycles. The molecule has 0 spiro atoms. The molecule has 0 radical (unpaired) electrons. The number of likely N-dealkylation sites (N-methyl/N-ethyl adjacent to an activating group) is 1. The van der Waals surface area contributed by atoms with Crippen molar-refractivity contribution >= 4 is 23.5 Å². The van der Waals surface area contributed by atoms with Crippen LogP contribution in [-0.4, -0.2) is 73.4 Å². The average Bonchev–Trinajstić information content (AvgIpc) is 2.98. The van der Waals surface area contributed by atoms with Crippen molar-refractivity contribution in [1.29, 1.82) is 0 Å². The second-order valence-corrected chi connectivity index (χ2v) is 6.46. The van der Waals surface area contributed by atoms with Gasteiger partial charge < -0.3 is 19.9 Å². The highest BCUT2D eigenvalue weighted by Gasteiger charge is 2.31. The van der Waals surface area contributed by atoms with Gasteiger partial charge in [0.05, 0.1) is 13.0 Å². The lowest BCUT2D eigenvalue weighted by Gasteiger charge is -2.33. The van der Waals surface area contributed by atoms with Crippen LogP contribution in [0, 0.1) is 0 Å². The summed E-state index contributed by atoms with van der Waals surface area (Å²) in [6.45, 7) is 6.01. The van der Waals surface area contributed by atoms with Gasteiger partial charge in [0.25, 0.3) is 5.91 Å².